The van der Waals surface area contributed by atoms with Crippen LogP contribution in [0.5, 0.6) is 0 Å². The molecule has 0 atom stereocenters. The molecule has 0 saturated carbocycles. The van der Waals surface area contributed by atoms with Crippen molar-refractivity contribution >= 4 is 39.7 Å². The van der Waals surface area contributed by atoms with Gasteiger partial charge in [-0.25, -0.2) is 4.98 Å². The van der Waals surface area contributed by atoms with Crippen molar-refractivity contribution in [1.29, 1.82) is 0 Å². The number of hydrogen-bond acceptors (Lipinski definition) is 3. The average molecular weight is 487 g/mol. The van der Waals surface area contributed by atoms with Crippen molar-refractivity contribution in [2.75, 3.05) is 4.90 Å². The van der Waals surface area contributed by atoms with Gasteiger partial charge in [0.15, 0.2) is 10.8 Å². The van der Waals surface area contributed by atoms with Crippen LogP contribution >= 0.6 is 22.9 Å². The highest BCUT2D eigenvalue weighted by atomic mass is 35.5. The van der Waals surface area contributed by atoms with Crippen LogP contribution in [0.25, 0.3) is 10.4 Å². The van der Waals surface area contributed by atoms with Crippen molar-refractivity contribution < 1.29 is 18.0 Å². The first-order chi connectivity index (χ1) is 15.6. The van der Waals surface area contributed by atoms with E-state index < -0.39 is 17.8 Å². The zero-order valence-corrected chi connectivity index (χ0v) is 19.2. The minimum absolute atomic E-state index is 0.0679. The smallest absolute Gasteiger partial charge is 0.268 e. The summed E-state index contributed by atoms with van der Waals surface area (Å²) in [5.41, 5.74) is 1.97. The van der Waals surface area contributed by atoms with Gasteiger partial charge in [0.25, 0.3) is 5.91 Å². The number of anilines is 2. The number of rotatable bonds is 4. The van der Waals surface area contributed by atoms with Crippen molar-refractivity contribution in [2.45, 2.75) is 20.0 Å². The quantitative estimate of drug-likeness (QED) is 0.292. The average Bonchev–Trinajstić information content (AvgIpc) is 3.22. The Kier molecular flexibility index (Phi) is 6.28. The Morgan fingerprint density at radius 2 is 1.42 bits per heavy atom. The molecule has 0 spiro atoms. The largest absolute Gasteiger partial charge is 0.434 e. The Morgan fingerprint density at radius 1 is 0.879 bits per heavy atom. The van der Waals surface area contributed by atoms with Gasteiger partial charge in [-0.2, -0.15) is 13.2 Å². The molecule has 4 aromatic rings. The van der Waals surface area contributed by atoms with E-state index in [1.807, 2.05) is 13.8 Å². The number of carbonyl (C=O) groups is 1. The van der Waals surface area contributed by atoms with Crippen molar-refractivity contribution in [1.82, 2.24) is 4.98 Å². The molecule has 0 aliphatic heterocycles. The molecule has 3 aromatic carbocycles. The first-order valence-corrected chi connectivity index (χ1v) is 11.1. The Morgan fingerprint density at radius 3 is 1.97 bits per heavy atom. The molecule has 0 N–H and O–H groups in total. The van der Waals surface area contributed by atoms with Gasteiger partial charge in [0.1, 0.15) is 0 Å². The van der Waals surface area contributed by atoms with E-state index in [-0.39, 0.29) is 10.0 Å². The summed E-state index contributed by atoms with van der Waals surface area (Å²) in [5, 5.41) is 0.342. The summed E-state index contributed by atoms with van der Waals surface area (Å²) in [6, 6.07) is 19.9. The SMILES string of the molecule is Cc1ccc(C(=O)N(c2ccc(C)cc2)c2nc(C(F)(F)F)c(-c3ccc(Cl)cc3)s2)cc1. The second-order valence-electron chi connectivity index (χ2n) is 7.52. The third-order valence-electron chi connectivity index (χ3n) is 4.98. The lowest BCUT2D eigenvalue weighted by Crippen LogP contribution is -2.26. The molecule has 0 bridgehead atoms. The number of amides is 1. The van der Waals surface area contributed by atoms with Crippen LogP contribution in [0.15, 0.2) is 72.8 Å². The predicted octanol–water partition coefficient (Wildman–Crippen LogP) is 8.08. The van der Waals surface area contributed by atoms with E-state index in [1.165, 1.54) is 29.2 Å². The van der Waals surface area contributed by atoms with Crippen LogP contribution in [0, 0.1) is 13.8 Å². The van der Waals surface area contributed by atoms with Gasteiger partial charge < -0.3 is 0 Å². The van der Waals surface area contributed by atoms with E-state index in [0.717, 1.165) is 22.5 Å². The van der Waals surface area contributed by atoms with Crippen LogP contribution in [-0.4, -0.2) is 10.9 Å². The third kappa shape index (κ3) is 4.94. The number of thiazole rings is 1. The zero-order valence-electron chi connectivity index (χ0n) is 17.7. The van der Waals surface area contributed by atoms with Crippen LogP contribution in [-0.2, 0) is 6.18 Å². The number of halogens is 4. The number of benzene rings is 3. The van der Waals surface area contributed by atoms with Gasteiger partial charge >= 0.3 is 6.18 Å². The van der Waals surface area contributed by atoms with Gasteiger partial charge in [-0.05, 0) is 55.8 Å². The maximum Gasteiger partial charge on any atom is 0.434 e. The van der Waals surface area contributed by atoms with Gasteiger partial charge in [0.2, 0.25) is 0 Å². The number of carbonyl (C=O) groups excluding carboxylic acids is 1. The van der Waals surface area contributed by atoms with Gasteiger partial charge in [0.05, 0.1) is 10.6 Å². The summed E-state index contributed by atoms with van der Waals surface area (Å²) in [6.07, 6.45) is -4.70. The minimum atomic E-state index is -4.70. The number of nitrogens with zero attached hydrogens (tertiary/aromatic N) is 2. The molecule has 33 heavy (non-hydrogen) atoms. The fourth-order valence-electron chi connectivity index (χ4n) is 3.23. The lowest BCUT2D eigenvalue weighted by molar-refractivity contribution is -0.140. The molecular weight excluding hydrogens is 469 g/mol. The minimum Gasteiger partial charge on any atom is -0.268 e. The van der Waals surface area contributed by atoms with E-state index in [0.29, 0.717) is 21.8 Å². The highest BCUT2D eigenvalue weighted by Gasteiger charge is 2.39. The van der Waals surface area contributed by atoms with Gasteiger partial charge in [-0.3, -0.25) is 9.69 Å². The van der Waals surface area contributed by atoms with E-state index in [9.17, 15) is 18.0 Å². The van der Waals surface area contributed by atoms with Crippen molar-refractivity contribution in [3.8, 4) is 10.4 Å². The van der Waals surface area contributed by atoms with Gasteiger partial charge in [-0.15, -0.1) is 0 Å². The summed E-state index contributed by atoms with van der Waals surface area (Å²) in [6.45, 7) is 3.78. The summed E-state index contributed by atoms with van der Waals surface area (Å²) in [4.78, 5) is 18.5. The molecule has 8 heteroatoms. The predicted molar refractivity (Wildman–Crippen MR) is 126 cm³/mol. The van der Waals surface area contributed by atoms with Crippen molar-refractivity contribution in [3.63, 3.8) is 0 Å². The Bertz CT molecular complexity index is 1280. The van der Waals surface area contributed by atoms with Crippen LogP contribution in [0.4, 0.5) is 24.0 Å². The lowest BCUT2D eigenvalue weighted by atomic mass is 10.1. The number of aryl methyl sites for hydroxylation is 2. The summed E-state index contributed by atoms with van der Waals surface area (Å²) in [7, 11) is 0. The fraction of sp³-hybridized carbons (Fsp3) is 0.120. The Balaban J connectivity index is 1.89. The second kappa shape index (κ2) is 9.00. The molecule has 0 saturated heterocycles. The normalized spacial score (nSPS) is 11.5. The first-order valence-electron chi connectivity index (χ1n) is 9.95. The summed E-state index contributed by atoms with van der Waals surface area (Å²) >= 11 is 6.72. The molecule has 1 heterocycles. The molecule has 168 valence electrons. The van der Waals surface area contributed by atoms with E-state index >= 15 is 0 Å². The van der Waals surface area contributed by atoms with E-state index in [1.54, 1.807) is 48.5 Å². The van der Waals surface area contributed by atoms with Crippen molar-refractivity contribution in [2.24, 2.45) is 0 Å². The molecule has 1 amide bonds. The van der Waals surface area contributed by atoms with Crippen LogP contribution < -0.4 is 4.90 Å². The molecule has 0 fully saturated rings. The monoisotopic (exact) mass is 486 g/mol. The number of aromatic nitrogens is 1. The van der Waals surface area contributed by atoms with E-state index in [2.05, 4.69) is 4.98 Å². The summed E-state index contributed by atoms with van der Waals surface area (Å²) in [5.74, 6) is -0.469. The van der Waals surface area contributed by atoms with Crippen LogP contribution in [0.2, 0.25) is 5.02 Å². The lowest BCUT2D eigenvalue weighted by Gasteiger charge is -2.20. The van der Waals surface area contributed by atoms with E-state index in [4.69, 9.17) is 11.6 Å². The molecule has 0 unspecified atom stereocenters. The van der Waals surface area contributed by atoms with Gasteiger partial charge in [0, 0.05) is 10.6 Å². The molecule has 1 aromatic heterocycles. The standard InChI is InChI=1S/C25H18ClF3N2OS/c1-15-3-7-18(8-4-15)23(32)31(20-13-5-16(2)6-14-20)24-30-22(25(27,28)29)21(33-24)17-9-11-19(26)12-10-17/h3-14H,1-2H3. The topological polar surface area (TPSA) is 33.2 Å². The molecular formula is C25H18ClF3N2OS. The molecule has 0 aliphatic carbocycles. The highest BCUT2D eigenvalue weighted by Crippen LogP contribution is 2.44. The first kappa shape index (κ1) is 23.0. The Labute approximate surface area is 198 Å². The number of hydrogen-bond donors (Lipinski definition) is 0. The maximum absolute atomic E-state index is 13.9. The molecule has 0 aliphatic rings. The molecule has 3 nitrogen and oxygen atoms in total. The maximum atomic E-state index is 13.9. The molecule has 4 rings (SSSR count). The van der Waals surface area contributed by atoms with Crippen molar-refractivity contribution in [3.05, 3.63) is 100 Å². The van der Waals surface area contributed by atoms with Gasteiger partial charge in [-0.1, -0.05) is 70.5 Å². The number of alkyl halides is 3. The van der Waals surface area contributed by atoms with Crippen LogP contribution in [0.1, 0.15) is 27.2 Å². The third-order valence-corrected chi connectivity index (χ3v) is 6.32. The molecule has 0 radical (unpaired) electrons. The highest BCUT2D eigenvalue weighted by molar-refractivity contribution is 7.19. The Hall–Kier alpha value is -3.16. The summed E-state index contributed by atoms with van der Waals surface area (Å²) < 4.78 is 41.8. The second-order valence-corrected chi connectivity index (χ2v) is 8.93. The van der Waals surface area contributed by atoms with Crippen LogP contribution in [0.3, 0.4) is 0 Å². The zero-order chi connectivity index (χ0) is 23.8. The fourth-order valence-corrected chi connectivity index (χ4v) is 4.46.